The normalized spacial score (nSPS) is 16.9. The lowest BCUT2D eigenvalue weighted by molar-refractivity contribution is 0.0715. The summed E-state index contributed by atoms with van der Waals surface area (Å²) in [7, 11) is 0. The maximum absolute atomic E-state index is 11.4. The molecule has 1 aliphatic rings. The second-order valence-corrected chi connectivity index (χ2v) is 3.15. The van der Waals surface area contributed by atoms with E-state index in [0.717, 1.165) is 18.4 Å². The Bertz CT molecular complexity index is 391. The molecule has 0 saturated carbocycles. The zero-order valence-electron chi connectivity index (χ0n) is 7.82. The Morgan fingerprint density at radius 1 is 1.29 bits per heavy atom. The molecule has 0 aliphatic carbocycles. The van der Waals surface area contributed by atoms with Crippen LogP contribution >= 0.6 is 0 Å². The van der Waals surface area contributed by atoms with Gasteiger partial charge in [-0.15, -0.1) is 0 Å². The average molecular weight is 187 g/mol. The van der Waals surface area contributed by atoms with E-state index < -0.39 is 0 Å². The minimum absolute atomic E-state index is 0.254. The smallest absolute Gasteiger partial charge is 0.344 e. The van der Waals surface area contributed by atoms with Gasteiger partial charge in [0.25, 0.3) is 0 Å². The van der Waals surface area contributed by atoms with Gasteiger partial charge in [0, 0.05) is 5.56 Å². The molecule has 0 bridgehead atoms. The molecule has 0 saturated heterocycles. The van der Waals surface area contributed by atoms with Crippen molar-refractivity contribution in [2.24, 2.45) is 0 Å². The lowest BCUT2D eigenvalue weighted by Crippen LogP contribution is -1.92. The number of carbonyl (C=O) groups is 1. The van der Waals surface area contributed by atoms with Gasteiger partial charge in [0.2, 0.25) is 0 Å². The average Bonchev–Trinajstić information content (AvgIpc) is 2.54. The molecule has 1 aromatic carbocycles. The largest absolute Gasteiger partial charge is 0.423 e. The van der Waals surface area contributed by atoms with E-state index in [9.17, 15) is 4.79 Å². The van der Waals surface area contributed by atoms with Crippen molar-refractivity contribution in [2.45, 2.75) is 12.8 Å². The number of carbonyl (C=O) groups excluding carboxylic acids is 1. The first kappa shape index (κ1) is 9.00. The summed E-state index contributed by atoms with van der Waals surface area (Å²) in [5.74, 6) is 0.421. The van der Waals surface area contributed by atoms with Crippen molar-refractivity contribution in [3.63, 3.8) is 0 Å². The summed E-state index contributed by atoms with van der Waals surface area (Å²) in [5.41, 5.74) is 1.55. The van der Waals surface area contributed by atoms with Crippen molar-refractivity contribution in [3.8, 4) is 0 Å². The van der Waals surface area contributed by atoms with E-state index in [0.29, 0.717) is 11.3 Å². The minimum Gasteiger partial charge on any atom is -0.423 e. The fraction of sp³-hybridized carbons (Fsp3) is 0.167. The quantitative estimate of drug-likeness (QED) is 0.665. The molecule has 0 aromatic heterocycles. The van der Waals surface area contributed by atoms with Crippen molar-refractivity contribution in [3.05, 3.63) is 48.4 Å². The zero-order valence-corrected chi connectivity index (χ0v) is 7.82. The molecule has 2 heteroatoms. The van der Waals surface area contributed by atoms with Gasteiger partial charge in [0.15, 0.2) is 0 Å². The van der Waals surface area contributed by atoms with Gasteiger partial charge in [-0.3, -0.25) is 0 Å². The van der Waals surface area contributed by atoms with Crippen molar-refractivity contribution < 1.29 is 9.53 Å². The Labute approximate surface area is 83.2 Å². The van der Waals surface area contributed by atoms with Gasteiger partial charge < -0.3 is 4.74 Å². The summed E-state index contributed by atoms with van der Waals surface area (Å²) in [4.78, 5) is 11.4. The first-order valence-corrected chi connectivity index (χ1v) is 4.64. The maximum Gasteiger partial charge on any atom is 0.344 e. The Balaban J connectivity index is 2.39. The lowest BCUT2D eigenvalue weighted by atomic mass is 10.1. The highest BCUT2D eigenvalue weighted by Crippen LogP contribution is 2.29. The van der Waals surface area contributed by atoms with E-state index in [1.54, 1.807) is 6.07 Å². The van der Waals surface area contributed by atoms with Gasteiger partial charge in [0.1, 0.15) is 5.76 Å². The van der Waals surface area contributed by atoms with Gasteiger partial charge in [0.05, 0.1) is 5.56 Å². The van der Waals surface area contributed by atoms with Crippen LogP contribution in [0.5, 0.6) is 0 Å². The Morgan fingerprint density at radius 3 is 2.71 bits per heavy atom. The summed E-state index contributed by atoms with van der Waals surface area (Å²) < 4.78 is 5.13. The van der Waals surface area contributed by atoms with Crippen LogP contribution in [0, 0.1) is 6.92 Å². The van der Waals surface area contributed by atoms with Crippen LogP contribution in [0.3, 0.4) is 0 Å². The van der Waals surface area contributed by atoms with E-state index in [2.05, 4.69) is 6.92 Å². The summed E-state index contributed by atoms with van der Waals surface area (Å²) in [6.45, 7) is 3.74. The number of allylic oxidation sites excluding steroid dienone is 1. The number of rotatable bonds is 2. The number of hydrogen-bond donors (Lipinski definition) is 0. The second kappa shape index (κ2) is 3.66. The fourth-order valence-electron chi connectivity index (χ4n) is 1.47. The molecule has 71 valence electrons. The molecule has 0 unspecified atom stereocenters. The number of hydrogen-bond acceptors (Lipinski definition) is 2. The van der Waals surface area contributed by atoms with Gasteiger partial charge >= 0.3 is 5.97 Å². The topological polar surface area (TPSA) is 26.3 Å². The Hall–Kier alpha value is -1.57. The maximum atomic E-state index is 11.4. The summed E-state index contributed by atoms with van der Waals surface area (Å²) in [5, 5.41) is 0. The molecule has 14 heavy (non-hydrogen) atoms. The first-order valence-electron chi connectivity index (χ1n) is 4.64. The third-order valence-corrected chi connectivity index (χ3v) is 2.15. The molecule has 0 spiro atoms. The molecule has 1 aromatic rings. The van der Waals surface area contributed by atoms with E-state index >= 15 is 0 Å². The number of fused-ring (bicyclic) bond motifs is 1. The van der Waals surface area contributed by atoms with Crippen LogP contribution in [-0.2, 0) is 4.74 Å². The van der Waals surface area contributed by atoms with Gasteiger partial charge in [-0.2, -0.15) is 0 Å². The molecule has 0 atom stereocenters. The molecule has 1 aliphatic heterocycles. The van der Waals surface area contributed by atoms with Gasteiger partial charge in [-0.05, 0) is 25.0 Å². The molecule has 1 radical (unpaired) electrons. The molecule has 2 nitrogen and oxygen atoms in total. The number of esters is 1. The SMILES string of the molecule is [CH2]CCC=C1OC(=O)c2ccccc21. The van der Waals surface area contributed by atoms with E-state index in [1.807, 2.05) is 24.3 Å². The highest BCUT2D eigenvalue weighted by atomic mass is 16.5. The third kappa shape index (κ3) is 1.43. The van der Waals surface area contributed by atoms with Crippen LogP contribution in [-0.4, -0.2) is 5.97 Å². The highest BCUT2D eigenvalue weighted by molar-refractivity contribution is 6.02. The van der Waals surface area contributed by atoms with E-state index in [1.165, 1.54) is 0 Å². The summed E-state index contributed by atoms with van der Waals surface area (Å²) >= 11 is 0. The summed E-state index contributed by atoms with van der Waals surface area (Å²) in [6, 6.07) is 7.42. The standard InChI is InChI=1S/C12H11O2/c1-2-3-8-11-9-6-4-5-7-10(9)12(13)14-11/h4-8H,1-3H2. The van der Waals surface area contributed by atoms with Crippen molar-refractivity contribution in [2.75, 3.05) is 0 Å². The first-order chi connectivity index (χ1) is 6.83. The van der Waals surface area contributed by atoms with Crippen LogP contribution in [0.25, 0.3) is 5.76 Å². The molecular formula is C12H11O2. The monoisotopic (exact) mass is 187 g/mol. The van der Waals surface area contributed by atoms with Gasteiger partial charge in [-0.25, -0.2) is 4.79 Å². The molecule has 1 heterocycles. The van der Waals surface area contributed by atoms with Crippen molar-refractivity contribution >= 4 is 11.7 Å². The molecule has 0 N–H and O–H groups in total. The van der Waals surface area contributed by atoms with Gasteiger partial charge in [-0.1, -0.05) is 25.1 Å². The minimum atomic E-state index is -0.254. The molecule has 0 fully saturated rings. The third-order valence-electron chi connectivity index (χ3n) is 2.15. The van der Waals surface area contributed by atoms with Crippen LogP contribution in [0.15, 0.2) is 30.3 Å². The number of unbranched alkanes of at least 4 members (excludes halogenated alkanes) is 1. The second-order valence-electron chi connectivity index (χ2n) is 3.15. The van der Waals surface area contributed by atoms with E-state index in [4.69, 9.17) is 4.74 Å². The van der Waals surface area contributed by atoms with E-state index in [-0.39, 0.29) is 5.97 Å². The van der Waals surface area contributed by atoms with Crippen LogP contribution < -0.4 is 0 Å². The number of benzene rings is 1. The fourth-order valence-corrected chi connectivity index (χ4v) is 1.47. The number of ether oxygens (including phenoxy) is 1. The molecular weight excluding hydrogens is 176 g/mol. The molecule has 2 rings (SSSR count). The zero-order chi connectivity index (χ0) is 9.97. The Morgan fingerprint density at radius 2 is 2.00 bits per heavy atom. The highest BCUT2D eigenvalue weighted by Gasteiger charge is 2.24. The van der Waals surface area contributed by atoms with Crippen molar-refractivity contribution in [1.29, 1.82) is 0 Å². The van der Waals surface area contributed by atoms with Crippen LogP contribution in [0.2, 0.25) is 0 Å². The molecule has 0 amide bonds. The number of cyclic esters (lactones) is 1. The predicted molar refractivity (Wildman–Crippen MR) is 54.4 cm³/mol. The van der Waals surface area contributed by atoms with Crippen LogP contribution in [0.1, 0.15) is 28.8 Å². The predicted octanol–water partition coefficient (Wildman–Crippen LogP) is 2.81. The lowest BCUT2D eigenvalue weighted by Gasteiger charge is -1.96. The Kier molecular flexibility index (Phi) is 2.35. The van der Waals surface area contributed by atoms with Crippen LogP contribution in [0.4, 0.5) is 0 Å². The summed E-state index contributed by atoms with van der Waals surface area (Å²) in [6.07, 6.45) is 3.55. The van der Waals surface area contributed by atoms with Crippen molar-refractivity contribution in [1.82, 2.24) is 0 Å².